The van der Waals surface area contributed by atoms with Crippen LogP contribution in [0.1, 0.15) is 6.42 Å². The highest BCUT2D eigenvalue weighted by atomic mass is 32.2. The van der Waals surface area contributed by atoms with Crippen molar-refractivity contribution in [2.24, 2.45) is 0 Å². The lowest BCUT2D eigenvalue weighted by atomic mass is 10.2. The van der Waals surface area contributed by atoms with Crippen molar-refractivity contribution in [2.45, 2.75) is 27.8 Å². The van der Waals surface area contributed by atoms with E-state index < -0.39 is 33.9 Å². The van der Waals surface area contributed by atoms with Crippen LogP contribution in [-0.4, -0.2) is 53.7 Å². The first-order chi connectivity index (χ1) is 14.3. The van der Waals surface area contributed by atoms with Crippen LogP contribution < -0.4 is 5.32 Å². The maximum Gasteiger partial charge on any atom is 0.243 e. The highest BCUT2D eigenvalue weighted by Gasteiger charge is 2.43. The predicted octanol–water partition coefficient (Wildman–Crippen LogP) is 2.92. The monoisotopic (exact) mass is 467 g/mol. The van der Waals surface area contributed by atoms with Gasteiger partial charge in [0.1, 0.15) is 11.9 Å². The molecule has 4 rings (SSSR count). The molecule has 11 heteroatoms. The molecule has 1 saturated heterocycles. The van der Waals surface area contributed by atoms with Crippen molar-refractivity contribution < 1.29 is 22.7 Å². The molecule has 1 aromatic heterocycles. The highest BCUT2D eigenvalue weighted by molar-refractivity contribution is 8.00. The summed E-state index contributed by atoms with van der Waals surface area (Å²) in [5, 5.41) is 12.8. The number of halogens is 1. The summed E-state index contributed by atoms with van der Waals surface area (Å²) < 4.78 is 41.9. The number of hydrogen-bond donors (Lipinski definition) is 2. The van der Waals surface area contributed by atoms with Crippen LogP contribution >= 0.6 is 23.1 Å². The van der Waals surface area contributed by atoms with E-state index >= 15 is 0 Å². The molecule has 1 aliphatic heterocycles. The summed E-state index contributed by atoms with van der Waals surface area (Å²) in [6.07, 6.45) is 0.942. The molecular formula is C19H18FN3O4S3. The summed E-state index contributed by atoms with van der Waals surface area (Å²) in [4.78, 5) is 17.2. The number of hydrogen-bond acceptors (Lipinski definition) is 7. The number of anilines is 1. The number of aliphatic hydroxyl groups is 1. The maximum absolute atomic E-state index is 13.2. The van der Waals surface area contributed by atoms with Crippen molar-refractivity contribution in [2.75, 3.05) is 18.1 Å². The minimum Gasteiger partial charge on any atom is -0.392 e. The Morgan fingerprint density at radius 1 is 1.30 bits per heavy atom. The maximum atomic E-state index is 13.2. The fraction of sp³-hybridized carbons (Fsp3) is 0.263. The van der Waals surface area contributed by atoms with Gasteiger partial charge in [-0.25, -0.2) is 17.8 Å². The molecule has 0 bridgehead atoms. The quantitative estimate of drug-likeness (QED) is 0.560. The normalized spacial score (nSPS) is 20.0. The number of aliphatic hydroxyl groups excluding tert-OH is 1. The van der Waals surface area contributed by atoms with Crippen molar-refractivity contribution in [1.82, 2.24) is 9.29 Å². The van der Waals surface area contributed by atoms with Crippen molar-refractivity contribution >= 4 is 54.9 Å². The Labute approximate surface area is 181 Å². The number of thiazole rings is 1. The number of β-amino-alcohol motifs (C(OH)–C–C–N with tert-alkyl or cyclic N) is 1. The number of rotatable bonds is 5. The smallest absolute Gasteiger partial charge is 0.243 e. The summed E-state index contributed by atoms with van der Waals surface area (Å²) in [5.41, 5.74) is 1.34. The third-order valence-electron chi connectivity index (χ3n) is 4.77. The lowest BCUT2D eigenvalue weighted by molar-refractivity contribution is -0.119. The molecule has 0 radical (unpaired) electrons. The number of nitrogens with zero attached hydrogens (tertiary/aromatic N) is 2. The molecule has 3 aromatic rings. The first kappa shape index (κ1) is 21.2. The Bertz CT molecular complexity index is 1200. The summed E-state index contributed by atoms with van der Waals surface area (Å²) in [6, 6.07) is 8.58. The Kier molecular flexibility index (Phi) is 5.82. The number of aromatic nitrogens is 1. The SMILES string of the molecule is CSc1nc2ccc(NC(=O)[C@H]3C[C@H](O)CN3S(=O)(=O)c3ccc(F)cc3)cc2s1. The number of thioether (sulfide) groups is 1. The molecule has 1 fully saturated rings. The Hall–Kier alpha value is -2.05. The number of benzene rings is 2. The van der Waals surface area contributed by atoms with Gasteiger partial charge >= 0.3 is 0 Å². The van der Waals surface area contributed by atoms with Crippen LogP contribution in [0.4, 0.5) is 10.1 Å². The third-order valence-corrected chi connectivity index (χ3v) is 8.66. The van der Waals surface area contributed by atoms with E-state index in [1.54, 1.807) is 18.2 Å². The zero-order chi connectivity index (χ0) is 21.5. The molecule has 2 N–H and O–H groups in total. The topological polar surface area (TPSA) is 99.6 Å². The zero-order valence-electron chi connectivity index (χ0n) is 15.8. The number of carbonyl (C=O) groups is 1. The van der Waals surface area contributed by atoms with Gasteiger partial charge in [-0.15, -0.1) is 11.3 Å². The zero-order valence-corrected chi connectivity index (χ0v) is 18.2. The van der Waals surface area contributed by atoms with Crippen LogP contribution in [0.25, 0.3) is 10.2 Å². The van der Waals surface area contributed by atoms with Gasteiger partial charge in [-0.2, -0.15) is 4.31 Å². The molecule has 2 atom stereocenters. The predicted molar refractivity (Wildman–Crippen MR) is 115 cm³/mol. The van der Waals surface area contributed by atoms with Crippen LogP contribution in [0.3, 0.4) is 0 Å². The van der Waals surface area contributed by atoms with E-state index in [1.165, 1.54) is 23.1 Å². The number of sulfonamides is 1. The second kappa shape index (κ2) is 8.23. The fourth-order valence-corrected chi connectivity index (χ4v) is 6.49. The van der Waals surface area contributed by atoms with Gasteiger partial charge in [0.05, 0.1) is 21.2 Å². The van der Waals surface area contributed by atoms with Crippen molar-refractivity contribution in [3.05, 3.63) is 48.3 Å². The molecule has 30 heavy (non-hydrogen) atoms. The molecule has 1 aliphatic rings. The molecule has 2 aromatic carbocycles. The van der Waals surface area contributed by atoms with Gasteiger partial charge in [0.2, 0.25) is 15.9 Å². The number of fused-ring (bicyclic) bond motifs is 1. The standard InChI is InChI=1S/C19H18FN3O4S3/c1-28-19-22-15-7-4-12(8-17(15)29-19)21-18(25)16-9-13(24)10-23(16)30(26,27)14-5-2-11(20)3-6-14/h2-8,13,16,24H,9-10H2,1H3,(H,21,25)/t13-,16+/m0/s1. The third kappa shape index (κ3) is 4.08. The Morgan fingerprint density at radius 2 is 2.03 bits per heavy atom. The van der Waals surface area contributed by atoms with Crippen LogP contribution in [0, 0.1) is 5.82 Å². The first-order valence-electron chi connectivity index (χ1n) is 8.99. The van der Waals surface area contributed by atoms with Gasteiger partial charge in [0.15, 0.2) is 4.34 Å². The van der Waals surface area contributed by atoms with Crippen molar-refractivity contribution in [3.8, 4) is 0 Å². The minimum absolute atomic E-state index is 0.0221. The minimum atomic E-state index is -4.07. The van der Waals surface area contributed by atoms with Crippen LogP contribution in [0.15, 0.2) is 51.7 Å². The molecule has 158 valence electrons. The van der Waals surface area contributed by atoms with Gasteiger partial charge in [-0.3, -0.25) is 4.79 Å². The molecule has 0 spiro atoms. The Balaban J connectivity index is 1.58. The van der Waals surface area contributed by atoms with Gasteiger partial charge in [-0.05, 0) is 48.7 Å². The second-order valence-electron chi connectivity index (χ2n) is 6.79. The summed E-state index contributed by atoms with van der Waals surface area (Å²) in [7, 11) is -4.07. The molecule has 2 heterocycles. The van der Waals surface area contributed by atoms with E-state index in [1.807, 2.05) is 6.26 Å². The largest absolute Gasteiger partial charge is 0.392 e. The van der Waals surface area contributed by atoms with Crippen LogP contribution in [-0.2, 0) is 14.8 Å². The number of carbonyl (C=O) groups excluding carboxylic acids is 1. The molecule has 0 unspecified atom stereocenters. The molecule has 7 nitrogen and oxygen atoms in total. The van der Waals surface area contributed by atoms with Crippen molar-refractivity contribution in [1.29, 1.82) is 0 Å². The van der Waals surface area contributed by atoms with Crippen molar-refractivity contribution in [3.63, 3.8) is 0 Å². The fourth-order valence-electron chi connectivity index (χ4n) is 3.32. The van der Waals surface area contributed by atoms with E-state index in [0.29, 0.717) is 5.69 Å². The average Bonchev–Trinajstić information content (AvgIpc) is 3.31. The number of amides is 1. The summed E-state index contributed by atoms with van der Waals surface area (Å²) >= 11 is 3.03. The number of nitrogens with one attached hydrogen (secondary N) is 1. The molecular weight excluding hydrogens is 449 g/mol. The molecule has 1 amide bonds. The van der Waals surface area contributed by atoms with Crippen LogP contribution in [0.5, 0.6) is 0 Å². The van der Waals surface area contributed by atoms with Gasteiger partial charge in [0, 0.05) is 18.7 Å². The Morgan fingerprint density at radius 3 is 2.73 bits per heavy atom. The van der Waals surface area contributed by atoms with Crippen LogP contribution in [0.2, 0.25) is 0 Å². The molecule has 0 saturated carbocycles. The van der Waals surface area contributed by atoms with E-state index in [-0.39, 0.29) is 17.9 Å². The van der Waals surface area contributed by atoms with E-state index in [4.69, 9.17) is 0 Å². The van der Waals surface area contributed by atoms with Gasteiger partial charge in [-0.1, -0.05) is 11.8 Å². The lowest BCUT2D eigenvalue weighted by Crippen LogP contribution is -2.43. The summed E-state index contributed by atoms with van der Waals surface area (Å²) in [5.74, 6) is -1.10. The van der Waals surface area contributed by atoms with E-state index in [2.05, 4.69) is 10.3 Å². The first-order valence-corrected chi connectivity index (χ1v) is 12.5. The lowest BCUT2D eigenvalue weighted by Gasteiger charge is -2.23. The summed E-state index contributed by atoms with van der Waals surface area (Å²) in [6.45, 7) is -0.206. The van der Waals surface area contributed by atoms with Gasteiger partial charge in [0.25, 0.3) is 0 Å². The van der Waals surface area contributed by atoms with E-state index in [9.17, 15) is 22.7 Å². The van der Waals surface area contributed by atoms with E-state index in [0.717, 1.165) is 43.1 Å². The molecule has 0 aliphatic carbocycles. The average molecular weight is 468 g/mol. The second-order valence-corrected chi connectivity index (χ2v) is 10.8. The van der Waals surface area contributed by atoms with Gasteiger partial charge < -0.3 is 10.4 Å². The highest BCUT2D eigenvalue weighted by Crippen LogP contribution is 2.31.